The lowest BCUT2D eigenvalue weighted by atomic mass is 10.1. The van der Waals surface area contributed by atoms with Gasteiger partial charge in [0.25, 0.3) is 0 Å². The molecule has 0 aliphatic carbocycles. The smallest absolute Gasteiger partial charge is 0.0641 e. The Morgan fingerprint density at radius 1 is 0.667 bits per heavy atom. The van der Waals surface area contributed by atoms with Gasteiger partial charge in [-0.25, -0.2) is 0 Å². The van der Waals surface area contributed by atoms with Crippen molar-refractivity contribution in [1.82, 2.24) is 0 Å². The number of anilines is 2. The highest BCUT2D eigenvalue weighted by Crippen LogP contribution is 2.30. The summed E-state index contributed by atoms with van der Waals surface area (Å²) < 4.78 is 0. The standard InChI is InChI=1S/C12H10Cl2N2.2FH/c13-9-5-7(1-3-11(9)15)8-2-4-12(16)10(14)6-8;;/h1-6H,15-16H2;2*1H. The maximum absolute atomic E-state index is 5.95. The molecule has 98 valence electrons. The van der Waals surface area contributed by atoms with Gasteiger partial charge < -0.3 is 11.5 Å². The van der Waals surface area contributed by atoms with Gasteiger partial charge in [0.05, 0.1) is 21.4 Å². The van der Waals surface area contributed by atoms with E-state index in [0.29, 0.717) is 21.4 Å². The van der Waals surface area contributed by atoms with Crippen LogP contribution in [0.3, 0.4) is 0 Å². The van der Waals surface area contributed by atoms with Gasteiger partial charge in [-0.1, -0.05) is 35.3 Å². The Hall–Kier alpha value is -1.52. The predicted molar refractivity (Wildman–Crippen MR) is 75.7 cm³/mol. The molecule has 0 bridgehead atoms. The lowest BCUT2D eigenvalue weighted by Gasteiger charge is -2.06. The largest absolute Gasteiger partial charge is 0.398 e. The topological polar surface area (TPSA) is 52.0 Å². The van der Waals surface area contributed by atoms with Crippen LogP contribution in [0.25, 0.3) is 11.1 Å². The van der Waals surface area contributed by atoms with Crippen molar-refractivity contribution >= 4 is 34.6 Å². The molecule has 4 N–H and O–H groups in total. The average Bonchev–Trinajstić information content (AvgIpc) is 2.26. The van der Waals surface area contributed by atoms with Crippen molar-refractivity contribution in [3.8, 4) is 11.1 Å². The van der Waals surface area contributed by atoms with Crippen LogP contribution in [-0.4, -0.2) is 0 Å². The van der Waals surface area contributed by atoms with Crippen LogP contribution in [0.5, 0.6) is 0 Å². The Balaban J connectivity index is 0.00000144. The zero-order chi connectivity index (χ0) is 11.7. The van der Waals surface area contributed by atoms with Crippen molar-refractivity contribution in [3.63, 3.8) is 0 Å². The van der Waals surface area contributed by atoms with Crippen molar-refractivity contribution in [1.29, 1.82) is 0 Å². The monoisotopic (exact) mass is 292 g/mol. The van der Waals surface area contributed by atoms with Crippen LogP contribution < -0.4 is 11.5 Å². The van der Waals surface area contributed by atoms with E-state index < -0.39 is 0 Å². The third kappa shape index (κ3) is 3.24. The Morgan fingerprint density at radius 3 is 1.28 bits per heavy atom. The van der Waals surface area contributed by atoms with E-state index in [1.165, 1.54) is 0 Å². The van der Waals surface area contributed by atoms with Crippen LogP contribution in [0.4, 0.5) is 20.8 Å². The van der Waals surface area contributed by atoms with Crippen LogP contribution in [0.15, 0.2) is 36.4 Å². The van der Waals surface area contributed by atoms with E-state index in [4.69, 9.17) is 34.7 Å². The molecule has 0 aromatic heterocycles. The SMILES string of the molecule is F.F.Nc1ccc(-c2ccc(N)c(Cl)c2)cc1Cl. The summed E-state index contributed by atoms with van der Waals surface area (Å²) in [5.74, 6) is 0. The molecule has 0 saturated heterocycles. The van der Waals surface area contributed by atoms with Crippen LogP contribution in [0.2, 0.25) is 10.0 Å². The molecule has 0 amide bonds. The zero-order valence-corrected chi connectivity index (χ0v) is 10.7. The maximum Gasteiger partial charge on any atom is 0.0641 e. The van der Waals surface area contributed by atoms with E-state index in [9.17, 15) is 0 Å². The van der Waals surface area contributed by atoms with Gasteiger partial charge in [-0.15, -0.1) is 0 Å². The minimum atomic E-state index is 0. The molecule has 0 unspecified atom stereocenters. The Morgan fingerprint density at radius 2 is 1.00 bits per heavy atom. The van der Waals surface area contributed by atoms with Gasteiger partial charge in [-0.05, 0) is 35.4 Å². The predicted octanol–water partition coefficient (Wildman–Crippen LogP) is 4.13. The fourth-order valence-electron chi connectivity index (χ4n) is 1.41. The lowest BCUT2D eigenvalue weighted by molar-refractivity contribution is 1.11. The summed E-state index contributed by atoms with van der Waals surface area (Å²) in [4.78, 5) is 0. The van der Waals surface area contributed by atoms with E-state index in [2.05, 4.69) is 0 Å². The molecule has 2 rings (SSSR count). The molecule has 0 spiro atoms. The van der Waals surface area contributed by atoms with Crippen molar-refractivity contribution in [2.75, 3.05) is 11.5 Å². The second kappa shape index (κ2) is 6.42. The van der Waals surface area contributed by atoms with E-state index >= 15 is 0 Å². The zero-order valence-electron chi connectivity index (χ0n) is 9.19. The molecule has 0 fully saturated rings. The maximum atomic E-state index is 5.95. The van der Waals surface area contributed by atoms with E-state index in [0.717, 1.165) is 11.1 Å². The number of nitrogens with two attached hydrogens (primary N) is 2. The summed E-state index contributed by atoms with van der Waals surface area (Å²) in [5, 5.41) is 1.07. The number of benzene rings is 2. The Kier molecular flexibility index (Phi) is 5.88. The number of hydrogen-bond acceptors (Lipinski definition) is 2. The second-order valence-electron chi connectivity index (χ2n) is 3.47. The number of nitrogen functional groups attached to an aromatic ring is 2. The Bertz CT molecular complexity index is 498. The minimum Gasteiger partial charge on any atom is -0.398 e. The summed E-state index contributed by atoms with van der Waals surface area (Å²) in [5.41, 5.74) is 14.3. The average molecular weight is 293 g/mol. The van der Waals surface area contributed by atoms with Crippen molar-refractivity contribution in [2.24, 2.45) is 0 Å². The molecule has 0 aliphatic heterocycles. The van der Waals surface area contributed by atoms with Crippen LogP contribution in [0.1, 0.15) is 0 Å². The quantitative estimate of drug-likeness (QED) is 0.777. The van der Waals surface area contributed by atoms with Crippen molar-refractivity contribution in [3.05, 3.63) is 46.4 Å². The molecule has 0 atom stereocenters. The molecule has 2 aromatic rings. The summed E-state index contributed by atoms with van der Waals surface area (Å²) in [7, 11) is 0. The first-order valence-corrected chi connectivity index (χ1v) is 5.44. The molecule has 0 radical (unpaired) electrons. The van der Waals surface area contributed by atoms with Gasteiger partial charge in [-0.2, -0.15) is 0 Å². The normalized spacial score (nSPS) is 9.22. The van der Waals surface area contributed by atoms with Crippen molar-refractivity contribution < 1.29 is 9.41 Å². The van der Waals surface area contributed by atoms with E-state index in [1.807, 2.05) is 12.1 Å². The van der Waals surface area contributed by atoms with Gasteiger partial charge in [0.2, 0.25) is 0 Å². The third-order valence-corrected chi connectivity index (χ3v) is 2.99. The lowest BCUT2D eigenvalue weighted by Crippen LogP contribution is -1.88. The highest BCUT2D eigenvalue weighted by Gasteiger charge is 2.03. The molecule has 2 nitrogen and oxygen atoms in total. The fourth-order valence-corrected chi connectivity index (χ4v) is 1.77. The Labute approximate surface area is 113 Å². The second-order valence-corrected chi connectivity index (χ2v) is 4.29. The highest BCUT2D eigenvalue weighted by atomic mass is 35.5. The molecular formula is C12H12Cl2F2N2. The van der Waals surface area contributed by atoms with Crippen LogP contribution >= 0.6 is 23.2 Å². The molecule has 0 saturated carbocycles. The van der Waals surface area contributed by atoms with Crippen LogP contribution in [-0.2, 0) is 0 Å². The molecule has 0 aliphatic rings. The first-order valence-electron chi connectivity index (χ1n) is 4.68. The van der Waals surface area contributed by atoms with Gasteiger partial charge in [0.1, 0.15) is 0 Å². The fraction of sp³-hybridized carbons (Fsp3) is 0. The third-order valence-electron chi connectivity index (χ3n) is 2.33. The number of rotatable bonds is 1. The van der Waals surface area contributed by atoms with Gasteiger partial charge in [0, 0.05) is 0 Å². The summed E-state index contributed by atoms with van der Waals surface area (Å²) >= 11 is 11.9. The molecule has 0 heterocycles. The molecular weight excluding hydrogens is 281 g/mol. The first-order chi connectivity index (χ1) is 7.58. The summed E-state index contributed by atoms with van der Waals surface area (Å²) in [6.45, 7) is 0. The minimum absolute atomic E-state index is 0. The first kappa shape index (κ1) is 16.5. The van der Waals surface area contributed by atoms with E-state index in [1.54, 1.807) is 24.3 Å². The molecule has 18 heavy (non-hydrogen) atoms. The molecule has 2 aromatic carbocycles. The molecule has 6 heteroatoms. The van der Waals surface area contributed by atoms with Gasteiger partial charge in [-0.3, -0.25) is 9.41 Å². The van der Waals surface area contributed by atoms with Gasteiger partial charge >= 0.3 is 0 Å². The summed E-state index contributed by atoms with van der Waals surface area (Å²) in [6.07, 6.45) is 0. The highest BCUT2D eigenvalue weighted by molar-refractivity contribution is 6.34. The van der Waals surface area contributed by atoms with Crippen LogP contribution in [0, 0.1) is 0 Å². The van der Waals surface area contributed by atoms with Gasteiger partial charge in [0.15, 0.2) is 0 Å². The number of halogens is 4. The summed E-state index contributed by atoms with van der Waals surface area (Å²) in [6, 6.07) is 10.9. The number of hydrogen-bond donors (Lipinski definition) is 2. The van der Waals surface area contributed by atoms with E-state index in [-0.39, 0.29) is 9.41 Å². The van der Waals surface area contributed by atoms with Crippen molar-refractivity contribution in [2.45, 2.75) is 0 Å².